The van der Waals surface area contributed by atoms with Crippen molar-refractivity contribution < 1.29 is 27.9 Å². The van der Waals surface area contributed by atoms with Gasteiger partial charge < -0.3 is 10.4 Å². The van der Waals surface area contributed by atoms with Gasteiger partial charge in [0.2, 0.25) is 0 Å². The summed E-state index contributed by atoms with van der Waals surface area (Å²) < 4.78 is 38.1. The quantitative estimate of drug-likeness (QED) is 0.841. The van der Waals surface area contributed by atoms with Gasteiger partial charge in [-0.15, -0.1) is 0 Å². The number of nitrogens with one attached hydrogen (secondary N) is 1. The fourth-order valence-corrected chi connectivity index (χ4v) is 2.53. The molecule has 0 heterocycles. The number of carboxylic acids is 1. The molecular formula is C18H16F3NO3. The molecule has 4 nitrogen and oxygen atoms in total. The Kier molecular flexibility index (Phi) is 5.46. The summed E-state index contributed by atoms with van der Waals surface area (Å²) in [5, 5.41) is 11.4. The van der Waals surface area contributed by atoms with Crippen molar-refractivity contribution in [3.05, 3.63) is 71.8 Å². The third kappa shape index (κ3) is 4.82. The molecule has 25 heavy (non-hydrogen) atoms. The smallest absolute Gasteiger partial charge is 0.471 e. The molecule has 7 heteroatoms. The number of alkyl halides is 3. The summed E-state index contributed by atoms with van der Waals surface area (Å²) in [7, 11) is 0. The zero-order valence-electron chi connectivity index (χ0n) is 13.1. The van der Waals surface area contributed by atoms with E-state index in [1.165, 1.54) is 0 Å². The van der Waals surface area contributed by atoms with E-state index >= 15 is 0 Å². The van der Waals surface area contributed by atoms with Crippen LogP contribution in [0.15, 0.2) is 60.7 Å². The molecule has 2 aromatic carbocycles. The number of benzene rings is 2. The van der Waals surface area contributed by atoms with Gasteiger partial charge in [-0.3, -0.25) is 4.79 Å². The molecule has 0 spiro atoms. The standard InChI is InChI=1S/C18H16F3NO3/c19-18(20,21)15(23)22-17(16(24)25,11-13-7-3-1-4-8-13)12-14-9-5-2-6-10-14/h1-10H,11-12H2,(H,22,23)(H,24,25). The van der Waals surface area contributed by atoms with Gasteiger partial charge in [0.15, 0.2) is 0 Å². The monoisotopic (exact) mass is 351 g/mol. The lowest BCUT2D eigenvalue weighted by atomic mass is 9.84. The number of rotatable bonds is 6. The van der Waals surface area contributed by atoms with Crippen LogP contribution in [-0.4, -0.2) is 28.7 Å². The van der Waals surface area contributed by atoms with E-state index in [1.807, 2.05) is 0 Å². The predicted octanol–water partition coefficient (Wildman–Crippen LogP) is 2.97. The fraction of sp³-hybridized carbons (Fsp3) is 0.222. The average Bonchev–Trinajstić information content (AvgIpc) is 2.55. The van der Waals surface area contributed by atoms with Crippen molar-refractivity contribution in [2.24, 2.45) is 0 Å². The highest BCUT2D eigenvalue weighted by Gasteiger charge is 2.47. The van der Waals surface area contributed by atoms with E-state index in [1.54, 1.807) is 66.0 Å². The highest BCUT2D eigenvalue weighted by Crippen LogP contribution is 2.23. The van der Waals surface area contributed by atoms with Gasteiger partial charge in [0, 0.05) is 12.8 Å². The number of hydrogen-bond acceptors (Lipinski definition) is 2. The number of amides is 1. The lowest BCUT2D eigenvalue weighted by Gasteiger charge is -2.31. The topological polar surface area (TPSA) is 66.4 Å². The Hall–Kier alpha value is -2.83. The van der Waals surface area contributed by atoms with Crippen LogP contribution in [0.2, 0.25) is 0 Å². The number of carboxylic acid groups (broad SMARTS) is 1. The van der Waals surface area contributed by atoms with E-state index < -0.39 is 23.6 Å². The highest BCUT2D eigenvalue weighted by atomic mass is 19.4. The Morgan fingerprint density at radius 2 is 1.24 bits per heavy atom. The van der Waals surface area contributed by atoms with Crippen molar-refractivity contribution in [2.45, 2.75) is 24.6 Å². The summed E-state index contributed by atoms with van der Waals surface area (Å²) in [5.74, 6) is -3.81. The fourth-order valence-electron chi connectivity index (χ4n) is 2.53. The van der Waals surface area contributed by atoms with E-state index in [-0.39, 0.29) is 12.8 Å². The molecule has 0 atom stereocenters. The SMILES string of the molecule is O=C(NC(Cc1ccccc1)(Cc1ccccc1)C(=O)O)C(F)(F)F. The first kappa shape index (κ1) is 18.5. The molecule has 0 aliphatic rings. The molecule has 0 fully saturated rings. The lowest BCUT2D eigenvalue weighted by molar-refractivity contribution is -0.177. The molecule has 0 bridgehead atoms. The van der Waals surface area contributed by atoms with E-state index in [0.717, 1.165) is 0 Å². The van der Waals surface area contributed by atoms with Crippen LogP contribution < -0.4 is 5.32 Å². The number of carbonyl (C=O) groups excluding carboxylic acids is 1. The molecular weight excluding hydrogens is 335 g/mol. The van der Waals surface area contributed by atoms with Crippen molar-refractivity contribution in [3.8, 4) is 0 Å². The molecule has 0 saturated carbocycles. The number of aliphatic carboxylic acids is 1. The van der Waals surface area contributed by atoms with E-state index in [9.17, 15) is 27.9 Å². The van der Waals surface area contributed by atoms with Gasteiger partial charge in [0.25, 0.3) is 0 Å². The Balaban J connectivity index is 2.42. The molecule has 0 aromatic heterocycles. The van der Waals surface area contributed by atoms with Crippen molar-refractivity contribution in [2.75, 3.05) is 0 Å². The molecule has 0 aliphatic heterocycles. The van der Waals surface area contributed by atoms with Crippen LogP contribution in [0.3, 0.4) is 0 Å². The maximum atomic E-state index is 12.7. The molecule has 0 unspecified atom stereocenters. The third-order valence-corrected chi connectivity index (χ3v) is 3.72. The van der Waals surface area contributed by atoms with Crippen LogP contribution in [-0.2, 0) is 22.4 Å². The van der Waals surface area contributed by atoms with Crippen molar-refractivity contribution in [1.29, 1.82) is 0 Å². The van der Waals surface area contributed by atoms with Crippen LogP contribution in [0.4, 0.5) is 13.2 Å². The Morgan fingerprint density at radius 3 is 1.56 bits per heavy atom. The first-order chi connectivity index (χ1) is 11.7. The Bertz CT molecular complexity index is 689. The summed E-state index contributed by atoms with van der Waals surface area (Å²) in [4.78, 5) is 23.4. The highest BCUT2D eigenvalue weighted by molar-refractivity contribution is 5.90. The second-order valence-electron chi connectivity index (χ2n) is 5.66. The second-order valence-corrected chi connectivity index (χ2v) is 5.66. The predicted molar refractivity (Wildman–Crippen MR) is 84.9 cm³/mol. The van der Waals surface area contributed by atoms with Gasteiger partial charge in [0.05, 0.1) is 0 Å². The minimum Gasteiger partial charge on any atom is -0.479 e. The largest absolute Gasteiger partial charge is 0.479 e. The Labute approximate surface area is 142 Å². The molecule has 0 aliphatic carbocycles. The molecule has 0 radical (unpaired) electrons. The molecule has 2 rings (SSSR count). The van der Waals surface area contributed by atoms with E-state index in [0.29, 0.717) is 11.1 Å². The summed E-state index contributed by atoms with van der Waals surface area (Å²) in [6, 6.07) is 16.4. The zero-order chi connectivity index (χ0) is 18.5. The van der Waals surface area contributed by atoms with Crippen LogP contribution in [0.5, 0.6) is 0 Å². The van der Waals surface area contributed by atoms with Crippen LogP contribution in [0, 0.1) is 0 Å². The normalized spacial score (nSPS) is 11.8. The summed E-state index contributed by atoms with van der Waals surface area (Å²) >= 11 is 0. The van der Waals surface area contributed by atoms with Gasteiger partial charge in [-0.25, -0.2) is 4.79 Å². The minimum atomic E-state index is -5.17. The first-order valence-electron chi connectivity index (χ1n) is 7.43. The van der Waals surface area contributed by atoms with Gasteiger partial charge in [0.1, 0.15) is 5.54 Å². The van der Waals surface area contributed by atoms with Gasteiger partial charge in [-0.05, 0) is 11.1 Å². The van der Waals surface area contributed by atoms with E-state index in [2.05, 4.69) is 0 Å². The number of halogens is 3. The van der Waals surface area contributed by atoms with Gasteiger partial charge in [-0.2, -0.15) is 13.2 Å². The zero-order valence-corrected chi connectivity index (χ0v) is 13.1. The lowest BCUT2D eigenvalue weighted by Crippen LogP contribution is -2.60. The first-order valence-corrected chi connectivity index (χ1v) is 7.43. The summed E-state index contributed by atoms with van der Waals surface area (Å²) in [6.45, 7) is 0. The van der Waals surface area contributed by atoms with Gasteiger partial charge in [-0.1, -0.05) is 60.7 Å². The van der Waals surface area contributed by atoms with Gasteiger partial charge >= 0.3 is 18.1 Å². The van der Waals surface area contributed by atoms with Crippen molar-refractivity contribution >= 4 is 11.9 Å². The third-order valence-electron chi connectivity index (χ3n) is 3.72. The van der Waals surface area contributed by atoms with Crippen LogP contribution >= 0.6 is 0 Å². The molecule has 2 N–H and O–H groups in total. The minimum absolute atomic E-state index is 0.278. The molecule has 1 amide bonds. The summed E-state index contributed by atoms with van der Waals surface area (Å²) in [6.07, 6.45) is -5.73. The van der Waals surface area contributed by atoms with Crippen LogP contribution in [0.25, 0.3) is 0 Å². The number of hydrogen-bond donors (Lipinski definition) is 2. The second kappa shape index (κ2) is 7.38. The molecule has 2 aromatic rings. The van der Waals surface area contributed by atoms with Crippen molar-refractivity contribution in [1.82, 2.24) is 5.32 Å². The molecule has 0 saturated heterocycles. The maximum absolute atomic E-state index is 12.7. The summed E-state index contributed by atoms with van der Waals surface area (Å²) in [5.41, 5.74) is -1.11. The van der Waals surface area contributed by atoms with Crippen molar-refractivity contribution in [3.63, 3.8) is 0 Å². The van der Waals surface area contributed by atoms with E-state index in [4.69, 9.17) is 0 Å². The number of carbonyl (C=O) groups is 2. The molecule has 132 valence electrons. The maximum Gasteiger partial charge on any atom is 0.471 e. The van der Waals surface area contributed by atoms with Crippen LogP contribution in [0.1, 0.15) is 11.1 Å². The Morgan fingerprint density at radius 1 is 0.840 bits per heavy atom. The average molecular weight is 351 g/mol.